The maximum absolute atomic E-state index is 11.8. The minimum Gasteiger partial charge on any atom is -0.361 e. The number of piperidine rings is 1. The predicted molar refractivity (Wildman–Crippen MR) is 67.5 cm³/mol. The fourth-order valence-corrected chi connectivity index (χ4v) is 3.14. The van der Waals surface area contributed by atoms with Gasteiger partial charge < -0.3 is 9.84 Å². The lowest BCUT2D eigenvalue weighted by Crippen LogP contribution is -2.43. The highest BCUT2D eigenvalue weighted by molar-refractivity contribution is 7.88. The summed E-state index contributed by atoms with van der Waals surface area (Å²) in [5, 5.41) is 6.98. The molecule has 0 spiro atoms. The molecule has 18 heavy (non-hydrogen) atoms. The van der Waals surface area contributed by atoms with Gasteiger partial charge in [-0.3, -0.25) is 0 Å². The average molecular weight is 273 g/mol. The van der Waals surface area contributed by atoms with E-state index in [1.54, 1.807) is 13.0 Å². The second kappa shape index (κ2) is 5.81. The van der Waals surface area contributed by atoms with Crippen molar-refractivity contribution in [2.24, 2.45) is 0 Å². The molecule has 0 bridgehead atoms. The zero-order valence-corrected chi connectivity index (χ0v) is 11.3. The first-order chi connectivity index (χ1) is 8.55. The van der Waals surface area contributed by atoms with Gasteiger partial charge in [0.05, 0.1) is 0 Å². The van der Waals surface area contributed by atoms with E-state index in [4.69, 9.17) is 4.52 Å². The number of aryl methyl sites for hydroxylation is 1. The highest BCUT2D eigenvalue weighted by Gasteiger charge is 2.18. The summed E-state index contributed by atoms with van der Waals surface area (Å²) in [6.07, 6.45) is 3.34. The molecule has 102 valence electrons. The molecular weight excluding hydrogens is 254 g/mol. The summed E-state index contributed by atoms with van der Waals surface area (Å²) >= 11 is 0. The van der Waals surface area contributed by atoms with Crippen molar-refractivity contribution in [2.75, 3.05) is 13.1 Å². The molecule has 0 aromatic carbocycles. The molecule has 1 saturated heterocycles. The molecule has 0 radical (unpaired) electrons. The Kier molecular flexibility index (Phi) is 4.36. The lowest BCUT2D eigenvalue weighted by molar-refractivity contribution is 0.391. The van der Waals surface area contributed by atoms with E-state index >= 15 is 0 Å². The Balaban J connectivity index is 1.83. The van der Waals surface area contributed by atoms with Crippen LogP contribution in [0.3, 0.4) is 0 Å². The van der Waals surface area contributed by atoms with E-state index < -0.39 is 10.0 Å². The van der Waals surface area contributed by atoms with Gasteiger partial charge in [0, 0.05) is 18.7 Å². The van der Waals surface area contributed by atoms with Crippen LogP contribution in [-0.4, -0.2) is 32.7 Å². The van der Waals surface area contributed by atoms with Crippen molar-refractivity contribution >= 4 is 10.0 Å². The monoisotopic (exact) mass is 273 g/mol. The highest BCUT2D eigenvalue weighted by atomic mass is 32.2. The second-order valence-electron chi connectivity index (χ2n) is 4.68. The third-order valence-corrected chi connectivity index (χ3v) is 4.26. The smallest absolute Gasteiger partial charge is 0.217 e. The molecule has 0 saturated carbocycles. The van der Waals surface area contributed by atoms with Crippen LogP contribution in [0.2, 0.25) is 0 Å². The summed E-state index contributed by atoms with van der Waals surface area (Å²) < 4.78 is 31.1. The molecule has 1 aliphatic rings. The van der Waals surface area contributed by atoms with Crippen LogP contribution >= 0.6 is 0 Å². The zero-order chi connectivity index (χ0) is 13.0. The van der Waals surface area contributed by atoms with Crippen LogP contribution in [0.15, 0.2) is 10.6 Å². The highest BCUT2D eigenvalue weighted by Crippen LogP contribution is 2.08. The fraction of sp³-hybridized carbons (Fsp3) is 0.727. The minimum absolute atomic E-state index is 0.128. The van der Waals surface area contributed by atoms with E-state index in [1.165, 1.54) is 6.42 Å². The SMILES string of the molecule is Cc1cc(CS(=O)(=O)NCC2CCCCN2)no1. The lowest BCUT2D eigenvalue weighted by atomic mass is 10.1. The molecule has 0 amide bonds. The largest absolute Gasteiger partial charge is 0.361 e. The molecule has 1 atom stereocenters. The van der Waals surface area contributed by atoms with Gasteiger partial charge in [-0.2, -0.15) is 0 Å². The summed E-state index contributed by atoms with van der Waals surface area (Å²) in [5.74, 6) is 0.492. The maximum atomic E-state index is 11.8. The number of nitrogens with zero attached hydrogens (tertiary/aromatic N) is 1. The maximum Gasteiger partial charge on any atom is 0.217 e. The van der Waals surface area contributed by atoms with Gasteiger partial charge in [-0.25, -0.2) is 13.1 Å². The first-order valence-corrected chi connectivity index (χ1v) is 7.83. The predicted octanol–water partition coefficient (Wildman–Crippen LogP) is 0.545. The van der Waals surface area contributed by atoms with Gasteiger partial charge in [0.2, 0.25) is 10.0 Å². The van der Waals surface area contributed by atoms with Crippen LogP contribution in [0, 0.1) is 6.92 Å². The third-order valence-electron chi connectivity index (χ3n) is 2.98. The number of rotatable bonds is 5. The third kappa shape index (κ3) is 4.08. The Hall–Kier alpha value is -0.920. The van der Waals surface area contributed by atoms with E-state index in [-0.39, 0.29) is 11.8 Å². The zero-order valence-electron chi connectivity index (χ0n) is 10.5. The van der Waals surface area contributed by atoms with Crippen molar-refractivity contribution in [2.45, 2.75) is 38.0 Å². The Labute approximate surface area is 107 Å². The van der Waals surface area contributed by atoms with Crippen LogP contribution in [0.25, 0.3) is 0 Å². The first-order valence-electron chi connectivity index (χ1n) is 6.18. The molecule has 1 aromatic heterocycles. The van der Waals surface area contributed by atoms with Gasteiger partial charge in [0.25, 0.3) is 0 Å². The van der Waals surface area contributed by atoms with Crippen LogP contribution in [0.1, 0.15) is 30.7 Å². The molecule has 1 aromatic rings. The number of sulfonamides is 1. The number of hydrogen-bond acceptors (Lipinski definition) is 5. The lowest BCUT2D eigenvalue weighted by Gasteiger charge is -2.23. The molecular formula is C11H19N3O3S. The topological polar surface area (TPSA) is 84.2 Å². The minimum atomic E-state index is -3.33. The van der Waals surface area contributed by atoms with Crippen molar-refractivity contribution in [3.05, 3.63) is 17.5 Å². The van der Waals surface area contributed by atoms with Gasteiger partial charge in [-0.15, -0.1) is 0 Å². The molecule has 1 aliphatic heterocycles. The van der Waals surface area contributed by atoms with Crippen molar-refractivity contribution in [1.82, 2.24) is 15.2 Å². The van der Waals surface area contributed by atoms with E-state index in [2.05, 4.69) is 15.2 Å². The number of hydrogen-bond donors (Lipinski definition) is 2. The van der Waals surface area contributed by atoms with Gasteiger partial charge in [-0.1, -0.05) is 11.6 Å². The number of aromatic nitrogens is 1. The summed E-state index contributed by atoms with van der Waals surface area (Å²) in [6, 6.07) is 1.88. The van der Waals surface area contributed by atoms with Crippen molar-refractivity contribution in [3.63, 3.8) is 0 Å². The fourth-order valence-electron chi connectivity index (χ4n) is 2.06. The molecule has 1 fully saturated rings. The second-order valence-corrected chi connectivity index (χ2v) is 6.49. The van der Waals surface area contributed by atoms with Gasteiger partial charge in [-0.05, 0) is 26.3 Å². The van der Waals surface area contributed by atoms with Crippen LogP contribution in [-0.2, 0) is 15.8 Å². The standard InChI is InChI=1S/C11H19N3O3S/c1-9-6-11(14-17-9)8-18(15,16)13-7-10-4-2-3-5-12-10/h6,10,12-13H,2-5,7-8H2,1H3. The molecule has 1 unspecified atom stereocenters. The van der Waals surface area contributed by atoms with Crippen molar-refractivity contribution in [1.29, 1.82) is 0 Å². The average Bonchev–Trinajstić information content (AvgIpc) is 2.73. The number of nitrogens with one attached hydrogen (secondary N) is 2. The summed E-state index contributed by atoms with van der Waals surface area (Å²) in [4.78, 5) is 0. The van der Waals surface area contributed by atoms with Crippen molar-refractivity contribution < 1.29 is 12.9 Å². The molecule has 2 heterocycles. The molecule has 2 N–H and O–H groups in total. The van der Waals surface area contributed by atoms with Gasteiger partial charge in [0.1, 0.15) is 17.2 Å². The van der Waals surface area contributed by atoms with Gasteiger partial charge >= 0.3 is 0 Å². The molecule has 2 rings (SSSR count). The van der Waals surface area contributed by atoms with E-state index in [9.17, 15) is 8.42 Å². The van der Waals surface area contributed by atoms with Crippen LogP contribution in [0.4, 0.5) is 0 Å². The molecule has 7 heteroatoms. The van der Waals surface area contributed by atoms with Crippen LogP contribution < -0.4 is 10.0 Å². The Morgan fingerprint density at radius 1 is 1.56 bits per heavy atom. The first kappa shape index (κ1) is 13.5. The summed E-state index contributed by atoms with van der Waals surface area (Å²) in [6.45, 7) is 3.15. The Morgan fingerprint density at radius 2 is 2.39 bits per heavy atom. The molecule has 6 nitrogen and oxygen atoms in total. The van der Waals surface area contributed by atoms with Crippen LogP contribution in [0.5, 0.6) is 0 Å². The van der Waals surface area contributed by atoms with E-state index in [0.717, 1.165) is 19.4 Å². The van der Waals surface area contributed by atoms with E-state index in [1.807, 2.05) is 0 Å². The Bertz CT molecular complexity index is 477. The van der Waals surface area contributed by atoms with Crippen molar-refractivity contribution in [3.8, 4) is 0 Å². The normalized spacial score (nSPS) is 21.1. The van der Waals surface area contributed by atoms with Gasteiger partial charge in [0.15, 0.2) is 0 Å². The summed E-state index contributed by atoms with van der Waals surface area (Å²) in [7, 11) is -3.33. The molecule has 0 aliphatic carbocycles. The quantitative estimate of drug-likeness (QED) is 0.818. The Morgan fingerprint density at radius 3 is 3.00 bits per heavy atom. The van der Waals surface area contributed by atoms with E-state index in [0.29, 0.717) is 18.0 Å². The summed E-state index contributed by atoms with van der Waals surface area (Å²) in [5.41, 5.74) is 0.441.